The SMILES string of the molecule is CC[Si](C1=C[Si]([Si](C)(C)C)([Si](C)(C)C)C(C)=C1)(c1ccccc1)c1ccccc1. The van der Waals surface area contributed by atoms with E-state index in [1.165, 1.54) is 6.04 Å². The predicted molar refractivity (Wildman–Crippen MR) is 143 cm³/mol. The molecule has 0 aliphatic carbocycles. The zero-order valence-electron chi connectivity index (χ0n) is 19.6. The van der Waals surface area contributed by atoms with Crippen LogP contribution in [0.25, 0.3) is 0 Å². The topological polar surface area (TPSA) is 0 Å². The summed E-state index contributed by atoms with van der Waals surface area (Å²) >= 11 is 0. The Balaban J connectivity index is 2.37. The van der Waals surface area contributed by atoms with Gasteiger partial charge in [0.2, 0.25) is 0 Å². The van der Waals surface area contributed by atoms with E-state index in [1.54, 1.807) is 20.8 Å². The largest absolute Gasteiger partial charge is 0.147 e. The molecule has 0 radical (unpaired) electrons. The fourth-order valence-corrected chi connectivity index (χ4v) is 57.8. The van der Waals surface area contributed by atoms with Gasteiger partial charge in [0, 0.05) is 15.2 Å². The first-order chi connectivity index (χ1) is 13.5. The summed E-state index contributed by atoms with van der Waals surface area (Å²) in [6.07, 6.45) is 2.69. The molecule has 1 aliphatic rings. The van der Waals surface area contributed by atoms with E-state index >= 15 is 0 Å². The van der Waals surface area contributed by atoms with Gasteiger partial charge in [-0.2, -0.15) is 0 Å². The van der Waals surface area contributed by atoms with Gasteiger partial charge in [-0.05, 0) is 23.3 Å². The maximum Gasteiger partial charge on any atom is 0.147 e. The maximum atomic E-state index is 2.95. The summed E-state index contributed by atoms with van der Waals surface area (Å²) in [6.45, 7) is 20.8. The molecule has 0 unspecified atom stereocenters. The van der Waals surface area contributed by atoms with Crippen LogP contribution in [0.2, 0.25) is 45.3 Å². The monoisotopic (exact) mass is 450 g/mol. The normalized spacial score (nSPS) is 17.1. The maximum absolute atomic E-state index is 2.95. The number of rotatable bonds is 6. The van der Waals surface area contributed by atoms with Crippen LogP contribution in [0.5, 0.6) is 0 Å². The molecule has 1 heterocycles. The van der Waals surface area contributed by atoms with Crippen LogP contribution in [-0.4, -0.2) is 30.4 Å². The van der Waals surface area contributed by atoms with E-state index in [0.717, 1.165) is 0 Å². The van der Waals surface area contributed by atoms with Crippen molar-refractivity contribution in [3.05, 3.63) is 82.8 Å². The fraction of sp³-hybridized carbons (Fsp3) is 0.360. The molecule has 1 aliphatic heterocycles. The minimum absolute atomic E-state index is 1.22. The number of hydrogen-bond acceptors (Lipinski definition) is 0. The van der Waals surface area contributed by atoms with E-state index in [0.29, 0.717) is 0 Å². The highest BCUT2D eigenvalue weighted by Crippen LogP contribution is 2.43. The molecule has 0 spiro atoms. The molecule has 29 heavy (non-hydrogen) atoms. The second kappa shape index (κ2) is 7.80. The van der Waals surface area contributed by atoms with Crippen molar-refractivity contribution >= 4 is 40.7 Å². The smallest absolute Gasteiger partial charge is 0.0944 e. The molecule has 0 saturated heterocycles. The van der Waals surface area contributed by atoms with Gasteiger partial charge in [0.15, 0.2) is 0 Å². The second-order valence-corrected chi connectivity index (χ2v) is 41.9. The lowest BCUT2D eigenvalue weighted by Gasteiger charge is -2.48. The molecule has 0 nitrogen and oxygen atoms in total. The van der Waals surface area contributed by atoms with E-state index in [2.05, 4.69) is 126 Å². The van der Waals surface area contributed by atoms with E-state index in [1.807, 2.05) is 0 Å². The number of benzene rings is 2. The molecular weight excluding hydrogens is 413 g/mol. The summed E-state index contributed by atoms with van der Waals surface area (Å²) in [6, 6.07) is 24.1. The third-order valence-corrected chi connectivity index (χ3v) is 50.3. The van der Waals surface area contributed by atoms with Gasteiger partial charge >= 0.3 is 0 Å². The minimum atomic E-state index is -2.01. The highest BCUT2D eigenvalue weighted by molar-refractivity contribution is 7.73. The average molecular weight is 451 g/mol. The van der Waals surface area contributed by atoms with E-state index in [-0.39, 0.29) is 0 Å². The van der Waals surface area contributed by atoms with Crippen molar-refractivity contribution in [1.82, 2.24) is 0 Å². The van der Waals surface area contributed by atoms with Crippen LogP contribution in [0.1, 0.15) is 13.8 Å². The molecule has 0 atom stereocenters. The molecule has 0 fully saturated rings. The molecule has 3 rings (SSSR count). The van der Waals surface area contributed by atoms with Gasteiger partial charge in [-0.25, -0.2) is 0 Å². The molecule has 0 saturated carbocycles. The Morgan fingerprint density at radius 1 is 0.690 bits per heavy atom. The molecule has 0 amide bonds. The van der Waals surface area contributed by atoms with Crippen LogP contribution in [0, 0.1) is 0 Å². The second-order valence-electron chi connectivity index (χ2n) is 10.7. The molecular formula is C25H38Si4. The Morgan fingerprint density at radius 3 is 1.41 bits per heavy atom. The van der Waals surface area contributed by atoms with Gasteiger partial charge in [0.1, 0.15) is 8.07 Å². The standard InChI is InChI=1S/C25H38Si4/c1-9-28(23-16-12-10-13-17-23,24-18-14-11-15-19-24)25-20-22(2)29(21-25,26(3,4)5)27(6,7)8/h10-21H,9H2,1-8H3. The highest BCUT2D eigenvalue weighted by Gasteiger charge is 2.57. The van der Waals surface area contributed by atoms with E-state index in [9.17, 15) is 0 Å². The van der Waals surface area contributed by atoms with Crippen LogP contribution in [0.15, 0.2) is 82.8 Å². The molecule has 0 N–H and O–H groups in total. The van der Waals surface area contributed by atoms with Gasteiger partial charge in [0.05, 0.1) is 7.11 Å². The first kappa shape index (κ1) is 22.5. The molecule has 154 valence electrons. The van der Waals surface area contributed by atoms with Gasteiger partial charge in [-0.3, -0.25) is 0 Å². The first-order valence-electron chi connectivity index (χ1n) is 11.0. The highest BCUT2D eigenvalue weighted by atomic mass is 29.6. The molecule has 4 heteroatoms. The van der Waals surface area contributed by atoms with Crippen molar-refractivity contribution < 1.29 is 0 Å². The van der Waals surface area contributed by atoms with Crippen molar-refractivity contribution in [3.8, 4) is 0 Å². The lowest BCUT2D eigenvalue weighted by Crippen LogP contribution is -2.71. The van der Waals surface area contributed by atoms with Crippen LogP contribution in [0.4, 0.5) is 0 Å². The van der Waals surface area contributed by atoms with Crippen LogP contribution in [0.3, 0.4) is 0 Å². The summed E-state index contributed by atoms with van der Waals surface area (Å²) in [5.74, 6) is 0. The van der Waals surface area contributed by atoms with Crippen molar-refractivity contribution in [1.29, 1.82) is 0 Å². The zero-order chi connectivity index (χ0) is 21.5. The Labute approximate surface area is 182 Å². The summed E-state index contributed by atoms with van der Waals surface area (Å²) in [7, 11) is -6.26. The van der Waals surface area contributed by atoms with Crippen LogP contribution >= 0.6 is 0 Å². The first-order valence-corrected chi connectivity index (χ1v) is 24.3. The summed E-state index contributed by atoms with van der Waals surface area (Å²) in [5, 5.41) is 6.63. The van der Waals surface area contributed by atoms with E-state index in [4.69, 9.17) is 0 Å². The lowest BCUT2D eigenvalue weighted by atomic mass is 10.4. The molecule has 0 aromatic heterocycles. The summed E-state index contributed by atoms with van der Waals surface area (Å²) in [5.41, 5.74) is 2.95. The van der Waals surface area contributed by atoms with Crippen LogP contribution < -0.4 is 10.4 Å². The minimum Gasteiger partial charge on any atom is -0.0944 e. The van der Waals surface area contributed by atoms with Gasteiger partial charge in [0.25, 0.3) is 0 Å². The Hall–Kier alpha value is -1.21. The number of hydrogen-bond donors (Lipinski definition) is 0. The predicted octanol–water partition coefficient (Wildman–Crippen LogP) is 6.06. The quantitative estimate of drug-likeness (QED) is 0.469. The third-order valence-electron chi connectivity index (χ3n) is 7.29. The molecule has 0 bridgehead atoms. The fourth-order valence-electron chi connectivity index (χ4n) is 6.28. The third kappa shape index (κ3) is 3.48. The number of allylic oxidation sites excluding steroid dienone is 3. The summed E-state index contributed by atoms with van der Waals surface area (Å²) in [4.78, 5) is 0. The Kier molecular flexibility index (Phi) is 6.04. The zero-order valence-corrected chi connectivity index (χ0v) is 23.6. The summed E-state index contributed by atoms with van der Waals surface area (Å²) < 4.78 is 0. The van der Waals surface area contributed by atoms with Crippen molar-refractivity contribution in [2.75, 3.05) is 0 Å². The average Bonchev–Trinajstić information content (AvgIpc) is 3.03. The van der Waals surface area contributed by atoms with Gasteiger partial charge in [-0.1, -0.05) is 129 Å². The molecule has 2 aromatic carbocycles. The van der Waals surface area contributed by atoms with Crippen molar-refractivity contribution in [3.63, 3.8) is 0 Å². The Bertz CT molecular complexity index is 859. The van der Waals surface area contributed by atoms with Gasteiger partial charge < -0.3 is 0 Å². The van der Waals surface area contributed by atoms with Gasteiger partial charge in [-0.15, -0.1) is 0 Å². The van der Waals surface area contributed by atoms with E-state index < -0.39 is 30.4 Å². The van der Waals surface area contributed by atoms with Crippen LogP contribution in [-0.2, 0) is 0 Å². The Morgan fingerprint density at radius 2 is 1.10 bits per heavy atom. The molecule has 2 aromatic rings. The lowest BCUT2D eigenvalue weighted by molar-refractivity contribution is 1.39. The van der Waals surface area contributed by atoms with Crippen molar-refractivity contribution in [2.45, 2.75) is 59.2 Å². The van der Waals surface area contributed by atoms with Crippen molar-refractivity contribution in [2.24, 2.45) is 0 Å².